The molecule has 0 aliphatic heterocycles. The molecule has 2 aromatic rings. The van der Waals surface area contributed by atoms with Crippen LogP contribution in [0, 0.1) is 0 Å². The van der Waals surface area contributed by atoms with Gasteiger partial charge in [0, 0.05) is 31.4 Å². The van der Waals surface area contributed by atoms with Gasteiger partial charge in [-0.25, -0.2) is 0 Å². The van der Waals surface area contributed by atoms with Gasteiger partial charge in [-0.05, 0) is 18.6 Å². The Balaban J connectivity index is 1.86. The lowest BCUT2D eigenvalue weighted by molar-refractivity contribution is 0.524. The van der Waals surface area contributed by atoms with Crippen molar-refractivity contribution in [2.24, 2.45) is 0 Å². The number of nitrogens with one attached hydrogen (secondary N) is 1. The summed E-state index contributed by atoms with van der Waals surface area (Å²) in [5, 5.41) is 3.41. The van der Waals surface area contributed by atoms with Gasteiger partial charge in [-0.2, -0.15) is 0 Å². The second-order valence-corrected chi connectivity index (χ2v) is 4.32. The predicted octanol–water partition coefficient (Wildman–Crippen LogP) is 2.20. The van der Waals surface area contributed by atoms with Gasteiger partial charge in [-0.3, -0.25) is 4.79 Å². The van der Waals surface area contributed by atoms with Crippen LogP contribution in [-0.4, -0.2) is 11.1 Å². The molecule has 0 amide bonds. The maximum absolute atomic E-state index is 11.5. The fourth-order valence-electron chi connectivity index (χ4n) is 1.91. The van der Waals surface area contributed by atoms with Crippen molar-refractivity contribution in [3.05, 3.63) is 70.6 Å². The Hall–Kier alpha value is -1.87. The van der Waals surface area contributed by atoms with E-state index in [1.807, 2.05) is 30.5 Å². The number of rotatable bonds is 5. The van der Waals surface area contributed by atoms with E-state index in [-0.39, 0.29) is 5.56 Å². The normalized spacial score (nSPS) is 12.3. The van der Waals surface area contributed by atoms with Crippen molar-refractivity contribution in [2.75, 3.05) is 6.54 Å². The number of pyridine rings is 1. The van der Waals surface area contributed by atoms with Gasteiger partial charge in [0.25, 0.3) is 5.56 Å². The first kappa shape index (κ1) is 12.6. The predicted molar refractivity (Wildman–Crippen MR) is 73.6 cm³/mol. The summed E-state index contributed by atoms with van der Waals surface area (Å²) in [5.41, 5.74) is 1.31. The van der Waals surface area contributed by atoms with Crippen LogP contribution in [0.5, 0.6) is 0 Å². The molecule has 0 aliphatic carbocycles. The quantitative estimate of drug-likeness (QED) is 0.872. The molecule has 1 N–H and O–H groups in total. The van der Waals surface area contributed by atoms with E-state index in [0.29, 0.717) is 12.6 Å². The SMILES string of the molecule is C[C@H](NCCn1ccccc1=O)c1ccccc1. The summed E-state index contributed by atoms with van der Waals surface area (Å²) in [7, 11) is 0. The van der Waals surface area contributed by atoms with Crippen molar-refractivity contribution in [1.29, 1.82) is 0 Å². The highest BCUT2D eigenvalue weighted by Crippen LogP contribution is 2.10. The Morgan fingerprint density at radius 3 is 2.56 bits per heavy atom. The minimum absolute atomic E-state index is 0.0478. The van der Waals surface area contributed by atoms with Gasteiger partial charge in [0.15, 0.2) is 0 Å². The smallest absolute Gasteiger partial charge is 0.250 e. The molecule has 0 spiro atoms. The zero-order valence-electron chi connectivity index (χ0n) is 10.5. The van der Waals surface area contributed by atoms with Gasteiger partial charge >= 0.3 is 0 Å². The molecule has 3 nitrogen and oxygen atoms in total. The van der Waals surface area contributed by atoms with Crippen LogP contribution in [0.15, 0.2) is 59.5 Å². The molecular weight excluding hydrogens is 224 g/mol. The lowest BCUT2D eigenvalue weighted by Gasteiger charge is -2.14. The van der Waals surface area contributed by atoms with Crippen molar-refractivity contribution in [3.63, 3.8) is 0 Å². The van der Waals surface area contributed by atoms with E-state index in [2.05, 4.69) is 24.4 Å². The van der Waals surface area contributed by atoms with Crippen LogP contribution >= 0.6 is 0 Å². The van der Waals surface area contributed by atoms with Gasteiger partial charge in [0.05, 0.1) is 0 Å². The van der Waals surface area contributed by atoms with E-state index >= 15 is 0 Å². The zero-order valence-corrected chi connectivity index (χ0v) is 10.5. The molecule has 1 heterocycles. The Morgan fingerprint density at radius 2 is 1.83 bits per heavy atom. The number of benzene rings is 1. The monoisotopic (exact) mass is 242 g/mol. The molecule has 18 heavy (non-hydrogen) atoms. The van der Waals surface area contributed by atoms with E-state index in [9.17, 15) is 4.79 Å². The summed E-state index contributed by atoms with van der Waals surface area (Å²) in [6, 6.07) is 15.8. The topological polar surface area (TPSA) is 34.0 Å². The van der Waals surface area contributed by atoms with Gasteiger partial charge in [0.1, 0.15) is 0 Å². The van der Waals surface area contributed by atoms with Gasteiger partial charge in [0.2, 0.25) is 0 Å². The lowest BCUT2D eigenvalue weighted by atomic mass is 10.1. The Morgan fingerprint density at radius 1 is 1.11 bits per heavy atom. The molecular formula is C15H18N2O. The molecule has 1 aromatic carbocycles. The number of hydrogen-bond donors (Lipinski definition) is 1. The van der Waals surface area contributed by atoms with Crippen LogP contribution in [0.25, 0.3) is 0 Å². The van der Waals surface area contributed by atoms with Crippen LogP contribution < -0.4 is 10.9 Å². The lowest BCUT2D eigenvalue weighted by Crippen LogP contribution is -2.27. The fraction of sp³-hybridized carbons (Fsp3) is 0.267. The molecule has 3 heteroatoms. The van der Waals surface area contributed by atoms with Crippen molar-refractivity contribution in [2.45, 2.75) is 19.5 Å². The number of nitrogens with zero attached hydrogens (tertiary/aromatic N) is 1. The fourth-order valence-corrected chi connectivity index (χ4v) is 1.91. The van der Waals surface area contributed by atoms with Crippen molar-refractivity contribution in [1.82, 2.24) is 9.88 Å². The van der Waals surface area contributed by atoms with E-state index in [0.717, 1.165) is 6.54 Å². The minimum atomic E-state index is 0.0478. The molecule has 0 aliphatic rings. The largest absolute Gasteiger partial charge is 0.314 e. The molecule has 1 atom stereocenters. The van der Waals surface area contributed by atoms with Crippen molar-refractivity contribution < 1.29 is 0 Å². The molecule has 2 rings (SSSR count). The maximum Gasteiger partial charge on any atom is 0.250 e. The Labute approximate surface area is 107 Å². The van der Waals surface area contributed by atoms with E-state index in [4.69, 9.17) is 0 Å². The third-order valence-electron chi connectivity index (χ3n) is 3.00. The summed E-state index contributed by atoms with van der Waals surface area (Å²) in [6.07, 6.45) is 1.82. The van der Waals surface area contributed by atoms with Gasteiger partial charge in [-0.1, -0.05) is 36.4 Å². The second-order valence-electron chi connectivity index (χ2n) is 4.32. The van der Waals surface area contributed by atoms with Crippen LogP contribution in [-0.2, 0) is 6.54 Å². The highest BCUT2D eigenvalue weighted by molar-refractivity contribution is 5.17. The Bertz CT molecular complexity index is 533. The summed E-state index contributed by atoms with van der Waals surface area (Å²) in [5.74, 6) is 0. The number of hydrogen-bond acceptors (Lipinski definition) is 2. The molecule has 0 fully saturated rings. The third-order valence-corrected chi connectivity index (χ3v) is 3.00. The molecule has 1 aromatic heterocycles. The Kier molecular flexibility index (Phi) is 4.31. The third kappa shape index (κ3) is 3.31. The molecule has 0 saturated carbocycles. The molecule has 0 saturated heterocycles. The van der Waals surface area contributed by atoms with E-state index in [1.54, 1.807) is 16.7 Å². The molecule has 0 bridgehead atoms. The summed E-state index contributed by atoms with van der Waals surface area (Å²) in [6.45, 7) is 3.60. The van der Waals surface area contributed by atoms with E-state index < -0.39 is 0 Å². The highest BCUT2D eigenvalue weighted by Gasteiger charge is 2.03. The van der Waals surface area contributed by atoms with Crippen molar-refractivity contribution in [3.8, 4) is 0 Å². The second kappa shape index (κ2) is 6.17. The summed E-state index contributed by atoms with van der Waals surface area (Å²) < 4.78 is 1.71. The average Bonchev–Trinajstić information content (AvgIpc) is 2.42. The first-order valence-electron chi connectivity index (χ1n) is 6.21. The first-order valence-corrected chi connectivity index (χ1v) is 6.21. The molecule has 94 valence electrons. The molecule has 0 unspecified atom stereocenters. The van der Waals surface area contributed by atoms with Crippen molar-refractivity contribution >= 4 is 0 Å². The van der Waals surface area contributed by atoms with Crippen LogP contribution in [0.1, 0.15) is 18.5 Å². The summed E-state index contributed by atoms with van der Waals surface area (Å²) in [4.78, 5) is 11.5. The van der Waals surface area contributed by atoms with Gasteiger partial charge in [-0.15, -0.1) is 0 Å². The van der Waals surface area contributed by atoms with Crippen LogP contribution in [0.4, 0.5) is 0 Å². The van der Waals surface area contributed by atoms with Crippen LogP contribution in [0.3, 0.4) is 0 Å². The first-order chi connectivity index (χ1) is 8.77. The standard InChI is InChI=1S/C15H18N2O/c1-13(14-7-3-2-4-8-14)16-10-12-17-11-6-5-9-15(17)18/h2-9,11,13,16H,10,12H2,1H3/t13-/m0/s1. The summed E-state index contributed by atoms with van der Waals surface area (Å²) >= 11 is 0. The number of aromatic nitrogens is 1. The van der Waals surface area contributed by atoms with Crippen LogP contribution in [0.2, 0.25) is 0 Å². The highest BCUT2D eigenvalue weighted by atomic mass is 16.1. The zero-order chi connectivity index (χ0) is 12.8. The average molecular weight is 242 g/mol. The van der Waals surface area contributed by atoms with Gasteiger partial charge < -0.3 is 9.88 Å². The molecule has 0 radical (unpaired) electrons. The van der Waals surface area contributed by atoms with E-state index in [1.165, 1.54) is 5.56 Å². The maximum atomic E-state index is 11.5. The minimum Gasteiger partial charge on any atom is -0.314 e.